The van der Waals surface area contributed by atoms with E-state index in [1.165, 1.54) is 12.7 Å². The van der Waals surface area contributed by atoms with Crippen LogP contribution in [0.1, 0.15) is 38.8 Å². The lowest BCUT2D eigenvalue weighted by molar-refractivity contribution is -0.134. The van der Waals surface area contributed by atoms with Crippen molar-refractivity contribution in [3.05, 3.63) is 18.1 Å². The number of nitrogens with one attached hydrogen (secondary N) is 1. The molecule has 1 N–H and O–H groups in total. The number of amides is 1. The fourth-order valence-electron chi connectivity index (χ4n) is 2.99. The van der Waals surface area contributed by atoms with Crippen LogP contribution >= 0.6 is 0 Å². The number of nitrogens with zero attached hydrogens (tertiary/aromatic N) is 5. The second-order valence-electron chi connectivity index (χ2n) is 6.00. The standard InChI is InChI=1S/C15H22N6O/c1-10-8-13(21-15(18-10)16-9-17-21)19-12(3)14(22)20-7-5-4-6-11(20)2/h8-9,11-12,19H,4-7H2,1-3H3. The predicted molar refractivity (Wildman–Crippen MR) is 83.6 cm³/mol. The number of aryl methyl sites for hydroxylation is 1. The number of hydrogen-bond acceptors (Lipinski definition) is 5. The molecule has 2 unspecified atom stereocenters. The smallest absolute Gasteiger partial charge is 0.254 e. The Hall–Kier alpha value is -2.18. The molecule has 0 saturated carbocycles. The molecule has 1 saturated heterocycles. The number of likely N-dealkylation sites (tertiary alicyclic amines) is 1. The van der Waals surface area contributed by atoms with Gasteiger partial charge in [-0.25, -0.2) is 4.98 Å². The lowest BCUT2D eigenvalue weighted by Crippen LogP contribution is -2.48. The Morgan fingerprint density at radius 1 is 1.45 bits per heavy atom. The summed E-state index contributed by atoms with van der Waals surface area (Å²) in [7, 11) is 0. The van der Waals surface area contributed by atoms with Crippen LogP contribution in [0.25, 0.3) is 5.78 Å². The minimum absolute atomic E-state index is 0.134. The molecule has 7 nitrogen and oxygen atoms in total. The zero-order chi connectivity index (χ0) is 15.7. The van der Waals surface area contributed by atoms with E-state index in [0.717, 1.165) is 30.9 Å². The van der Waals surface area contributed by atoms with Gasteiger partial charge in [-0.15, -0.1) is 0 Å². The number of rotatable bonds is 3. The van der Waals surface area contributed by atoms with E-state index in [2.05, 4.69) is 27.3 Å². The maximum absolute atomic E-state index is 12.7. The Labute approximate surface area is 129 Å². The molecule has 1 fully saturated rings. The van der Waals surface area contributed by atoms with E-state index in [1.807, 2.05) is 24.8 Å². The molecule has 0 spiro atoms. The van der Waals surface area contributed by atoms with Crippen LogP contribution in [0.2, 0.25) is 0 Å². The van der Waals surface area contributed by atoms with Crippen LogP contribution in [0.4, 0.5) is 5.82 Å². The van der Waals surface area contributed by atoms with Crippen LogP contribution < -0.4 is 5.32 Å². The van der Waals surface area contributed by atoms with Gasteiger partial charge in [0.15, 0.2) is 0 Å². The van der Waals surface area contributed by atoms with Crippen molar-refractivity contribution in [1.82, 2.24) is 24.5 Å². The van der Waals surface area contributed by atoms with E-state index in [1.54, 1.807) is 4.52 Å². The average molecular weight is 302 g/mol. The summed E-state index contributed by atoms with van der Waals surface area (Å²) in [6.07, 6.45) is 4.84. The van der Waals surface area contributed by atoms with E-state index in [-0.39, 0.29) is 11.9 Å². The summed E-state index contributed by atoms with van der Waals surface area (Å²) in [5.41, 5.74) is 0.842. The lowest BCUT2D eigenvalue weighted by Gasteiger charge is -2.35. The second-order valence-corrected chi connectivity index (χ2v) is 6.00. The van der Waals surface area contributed by atoms with Gasteiger partial charge in [-0.3, -0.25) is 4.79 Å². The largest absolute Gasteiger partial charge is 0.358 e. The molecule has 22 heavy (non-hydrogen) atoms. The topological polar surface area (TPSA) is 75.4 Å². The van der Waals surface area contributed by atoms with Crippen molar-refractivity contribution in [2.24, 2.45) is 0 Å². The van der Waals surface area contributed by atoms with Crippen LogP contribution in [0.15, 0.2) is 12.4 Å². The molecule has 0 aliphatic carbocycles. The molecule has 7 heteroatoms. The molecule has 3 rings (SSSR count). The van der Waals surface area contributed by atoms with Gasteiger partial charge in [-0.2, -0.15) is 14.6 Å². The third kappa shape index (κ3) is 2.75. The first kappa shape index (κ1) is 14.7. The minimum atomic E-state index is -0.310. The molecular weight excluding hydrogens is 280 g/mol. The summed E-state index contributed by atoms with van der Waals surface area (Å²) in [5, 5.41) is 7.41. The number of hydrogen-bond donors (Lipinski definition) is 1. The highest BCUT2D eigenvalue weighted by atomic mass is 16.2. The Morgan fingerprint density at radius 2 is 2.27 bits per heavy atom. The molecular formula is C15H22N6O. The minimum Gasteiger partial charge on any atom is -0.358 e. The maximum atomic E-state index is 12.7. The van der Waals surface area contributed by atoms with Crippen LogP contribution in [-0.4, -0.2) is 49.0 Å². The Morgan fingerprint density at radius 3 is 3.05 bits per heavy atom. The van der Waals surface area contributed by atoms with Crippen molar-refractivity contribution in [3.63, 3.8) is 0 Å². The van der Waals surface area contributed by atoms with Crippen LogP contribution in [0.3, 0.4) is 0 Å². The van der Waals surface area contributed by atoms with Gasteiger partial charge in [0.25, 0.3) is 5.78 Å². The van der Waals surface area contributed by atoms with E-state index in [9.17, 15) is 4.79 Å². The number of anilines is 1. The van der Waals surface area contributed by atoms with Crippen molar-refractivity contribution < 1.29 is 4.79 Å². The van der Waals surface area contributed by atoms with Gasteiger partial charge in [-0.05, 0) is 40.0 Å². The summed E-state index contributed by atoms with van der Waals surface area (Å²) in [4.78, 5) is 23.1. The van der Waals surface area contributed by atoms with Crippen molar-refractivity contribution in [2.75, 3.05) is 11.9 Å². The van der Waals surface area contributed by atoms with Gasteiger partial charge >= 0.3 is 0 Å². The van der Waals surface area contributed by atoms with Gasteiger partial charge < -0.3 is 10.2 Å². The van der Waals surface area contributed by atoms with Crippen LogP contribution in [0.5, 0.6) is 0 Å². The van der Waals surface area contributed by atoms with Gasteiger partial charge in [0.2, 0.25) is 5.91 Å². The quantitative estimate of drug-likeness (QED) is 0.932. The molecule has 0 bridgehead atoms. The third-order valence-corrected chi connectivity index (χ3v) is 4.20. The number of fused-ring (bicyclic) bond motifs is 1. The fourth-order valence-corrected chi connectivity index (χ4v) is 2.99. The zero-order valence-electron chi connectivity index (χ0n) is 13.3. The van der Waals surface area contributed by atoms with Crippen LogP contribution in [0, 0.1) is 6.92 Å². The van der Waals surface area contributed by atoms with Gasteiger partial charge in [0, 0.05) is 24.3 Å². The first-order valence-corrected chi connectivity index (χ1v) is 7.80. The second kappa shape index (κ2) is 5.90. The summed E-state index contributed by atoms with van der Waals surface area (Å²) in [6, 6.07) is 1.89. The summed E-state index contributed by atoms with van der Waals surface area (Å²) < 4.78 is 1.62. The number of piperidine rings is 1. The molecule has 3 heterocycles. The molecule has 1 amide bonds. The van der Waals surface area contributed by atoms with Crippen LogP contribution in [-0.2, 0) is 4.79 Å². The van der Waals surface area contributed by atoms with Crippen molar-refractivity contribution in [3.8, 4) is 0 Å². The highest BCUT2D eigenvalue weighted by Crippen LogP contribution is 2.19. The molecule has 2 aromatic heterocycles. The van der Waals surface area contributed by atoms with Gasteiger partial charge in [-0.1, -0.05) is 0 Å². The normalized spacial score (nSPS) is 20.1. The Bertz CT molecular complexity index is 682. The Kier molecular flexibility index (Phi) is 3.96. The van der Waals surface area contributed by atoms with E-state index in [4.69, 9.17) is 0 Å². The number of carbonyl (C=O) groups excluding carboxylic acids is 1. The molecule has 2 aromatic rings. The monoisotopic (exact) mass is 302 g/mol. The predicted octanol–water partition coefficient (Wildman–Crippen LogP) is 1.63. The van der Waals surface area contributed by atoms with Crippen molar-refractivity contribution in [1.29, 1.82) is 0 Å². The SMILES string of the molecule is Cc1cc(NC(C)C(=O)N2CCCCC2C)n2ncnc2n1. The fraction of sp³-hybridized carbons (Fsp3) is 0.600. The first-order chi connectivity index (χ1) is 10.6. The third-order valence-electron chi connectivity index (χ3n) is 4.20. The van der Waals surface area contributed by atoms with Gasteiger partial charge in [0.05, 0.1) is 0 Å². The first-order valence-electron chi connectivity index (χ1n) is 7.80. The van der Waals surface area contributed by atoms with Gasteiger partial charge in [0.1, 0.15) is 18.2 Å². The molecule has 1 aliphatic heterocycles. The zero-order valence-corrected chi connectivity index (χ0v) is 13.3. The highest BCUT2D eigenvalue weighted by molar-refractivity contribution is 5.84. The molecule has 2 atom stereocenters. The summed E-state index contributed by atoms with van der Waals surface area (Å²) in [6.45, 7) is 6.76. The van der Waals surface area contributed by atoms with E-state index < -0.39 is 0 Å². The molecule has 118 valence electrons. The summed E-state index contributed by atoms with van der Waals surface area (Å²) in [5.74, 6) is 1.41. The molecule has 0 radical (unpaired) electrons. The van der Waals surface area contributed by atoms with E-state index >= 15 is 0 Å². The lowest BCUT2D eigenvalue weighted by atomic mass is 10.0. The van der Waals surface area contributed by atoms with E-state index in [0.29, 0.717) is 11.8 Å². The van der Waals surface area contributed by atoms with Crippen molar-refractivity contribution >= 4 is 17.5 Å². The maximum Gasteiger partial charge on any atom is 0.254 e. The summed E-state index contributed by atoms with van der Waals surface area (Å²) >= 11 is 0. The van der Waals surface area contributed by atoms with Crippen molar-refractivity contribution in [2.45, 2.75) is 52.1 Å². The highest BCUT2D eigenvalue weighted by Gasteiger charge is 2.27. The number of aromatic nitrogens is 4. The number of carbonyl (C=O) groups is 1. The Balaban J connectivity index is 1.79. The molecule has 0 aromatic carbocycles. The molecule has 1 aliphatic rings. The average Bonchev–Trinajstić information content (AvgIpc) is 2.95.